The van der Waals surface area contributed by atoms with E-state index in [0.29, 0.717) is 12.8 Å². The lowest BCUT2D eigenvalue weighted by atomic mass is 9.94. The predicted octanol–water partition coefficient (Wildman–Crippen LogP) is -10.4. The van der Waals surface area contributed by atoms with Gasteiger partial charge in [-0.25, -0.2) is 0 Å². The molecule has 5 heterocycles. The first-order chi connectivity index (χ1) is 37.6. The van der Waals surface area contributed by atoms with E-state index < -0.39 is 214 Å². The lowest BCUT2D eigenvalue weighted by Crippen LogP contribution is -2.69. The van der Waals surface area contributed by atoms with Crippen molar-refractivity contribution in [1.82, 2.24) is 41.7 Å². The molecule has 0 aromatic heterocycles. The van der Waals surface area contributed by atoms with Crippen LogP contribution in [0.5, 0.6) is 0 Å². The molecule has 13 unspecified atom stereocenters. The van der Waals surface area contributed by atoms with Crippen LogP contribution in [0.4, 0.5) is 0 Å². The van der Waals surface area contributed by atoms with Crippen LogP contribution in [0.15, 0.2) is 0 Å². The van der Waals surface area contributed by atoms with Crippen molar-refractivity contribution in [2.75, 3.05) is 39.5 Å². The molecule has 0 radical (unpaired) electrons. The van der Waals surface area contributed by atoms with Crippen LogP contribution in [0.2, 0.25) is 0 Å². The van der Waals surface area contributed by atoms with Gasteiger partial charge in [-0.2, -0.15) is 0 Å². The van der Waals surface area contributed by atoms with Crippen LogP contribution in [0, 0.1) is 0 Å². The van der Waals surface area contributed by atoms with E-state index >= 15 is 0 Å². The van der Waals surface area contributed by atoms with Gasteiger partial charge >= 0.3 is 0 Å². The Morgan fingerprint density at radius 2 is 1.16 bits per heavy atom. The highest BCUT2D eigenvalue weighted by Gasteiger charge is 2.54. The van der Waals surface area contributed by atoms with Crippen molar-refractivity contribution in [3.63, 3.8) is 0 Å². The van der Waals surface area contributed by atoms with Gasteiger partial charge in [-0.15, -0.1) is 0 Å². The second-order valence-electron chi connectivity index (χ2n) is 20.3. The van der Waals surface area contributed by atoms with Gasteiger partial charge in [0.05, 0.1) is 32.5 Å². The molecule has 5 saturated heterocycles. The number of amides is 9. The Bertz CT molecular complexity index is 2200. The number of primary amides is 1. The van der Waals surface area contributed by atoms with E-state index in [-0.39, 0.29) is 25.9 Å². The number of hydrogen-bond donors (Lipinski definition) is 16. The number of hydrogen-bond acceptors (Lipinski definition) is 24. The van der Waals surface area contributed by atoms with Crippen LogP contribution in [0.3, 0.4) is 0 Å². The number of likely N-dealkylation sites (tertiary alicyclic amines) is 2. The maximum absolute atomic E-state index is 14.6. The number of ether oxygens (including phenoxy) is 6. The SMILES string of the molecule is CC(=O)NC(CO)C(=O)NC(C(=O)NC(C)C(=O)N1CCCC1C(=O)N1CCCC1C(=O)NC(C)C(N)=O)C(C)O[C@H]1OC(CO[C@@H]2OC(CO)[C@@H](O)[C@H](O)C2NC(C)=O)[C@H](O)[C@H](O[C@@H]2OC(CO)[C@H](O)[C@H](O)C2O)C1NC(C)=O. The topological polar surface area (TPSA) is 496 Å². The average Bonchev–Trinajstić information content (AvgIpc) is 4.11. The Morgan fingerprint density at radius 3 is 1.74 bits per heavy atom. The number of nitrogens with one attached hydrogen (secondary N) is 6. The summed E-state index contributed by atoms with van der Waals surface area (Å²) in [4.78, 5) is 121. The first-order valence-electron chi connectivity index (χ1n) is 26.1. The second-order valence-corrected chi connectivity index (χ2v) is 20.3. The van der Waals surface area contributed by atoms with Crippen LogP contribution in [0.25, 0.3) is 0 Å². The summed E-state index contributed by atoms with van der Waals surface area (Å²) in [6.45, 7) is 3.59. The average molecular weight is 1150 g/mol. The highest BCUT2D eigenvalue weighted by atomic mass is 16.7. The summed E-state index contributed by atoms with van der Waals surface area (Å²) >= 11 is 0. The summed E-state index contributed by atoms with van der Waals surface area (Å²) < 4.78 is 35.6. The molecule has 0 saturated carbocycles. The molecule has 0 aliphatic carbocycles. The van der Waals surface area contributed by atoms with E-state index in [1.807, 2.05) is 0 Å². The molecule has 22 atom stereocenters. The molecule has 0 spiro atoms. The quantitative estimate of drug-likeness (QED) is 0.0452. The normalized spacial score (nSPS) is 34.4. The van der Waals surface area contributed by atoms with Gasteiger partial charge in [0.1, 0.15) is 109 Å². The number of aliphatic hydroxyl groups excluding tert-OH is 9. The fraction of sp³-hybridized carbons (Fsp3) is 0.809. The van der Waals surface area contributed by atoms with Crippen LogP contribution in [0.1, 0.15) is 67.2 Å². The van der Waals surface area contributed by atoms with Crippen LogP contribution in [-0.4, -0.2) is 283 Å². The van der Waals surface area contributed by atoms with Crippen LogP contribution >= 0.6 is 0 Å². The van der Waals surface area contributed by atoms with Crippen molar-refractivity contribution in [2.24, 2.45) is 5.73 Å². The summed E-state index contributed by atoms with van der Waals surface area (Å²) in [6, 6.07) is -11.5. The van der Waals surface area contributed by atoms with Gasteiger partial charge in [0.15, 0.2) is 18.9 Å². The third-order valence-corrected chi connectivity index (χ3v) is 14.3. The van der Waals surface area contributed by atoms with E-state index in [2.05, 4.69) is 31.9 Å². The first-order valence-corrected chi connectivity index (χ1v) is 26.1. The minimum atomic E-state index is -2.10. The third-order valence-electron chi connectivity index (χ3n) is 14.3. The first kappa shape index (κ1) is 65.4. The predicted molar refractivity (Wildman–Crippen MR) is 263 cm³/mol. The molecule has 0 aromatic rings. The Hall–Kier alpha value is -5.37. The van der Waals surface area contributed by atoms with Gasteiger partial charge in [0.2, 0.25) is 53.2 Å². The number of carbonyl (C=O) groups is 9. The van der Waals surface area contributed by atoms with Crippen LogP contribution in [-0.2, 0) is 71.6 Å². The minimum absolute atomic E-state index is 0.0470. The molecule has 33 heteroatoms. The van der Waals surface area contributed by atoms with Crippen molar-refractivity contribution >= 4 is 53.2 Å². The van der Waals surface area contributed by atoms with Crippen molar-refractivity contribution in [3.05, 3.63) is 0 Å². The Kier molecular flexibility index (Phi) is 23.8. The zero-order chi connectivity index (χ0) is 59.6. The third kappa shape index (κ3) is 15.8. The molecule has 17 N–H and O–H groups in total. The molecule has 0 aromatic carbocycles. The summed E-state index contributed by atoms with van der Waals surface area (Å²) in [6.07, 6.45) is -24.4. The van der Waals surface area contributed by atoms with E-state index in [1.165, 1.54) is 30.6 Å². The Balaban J connectivity index is 1.47. The van der Waals surface area contributed by atoms with E-state index in [4.69, 9.17) is 34.2 Å². The molecule has 33 nitrogen and oxygen atoms in total. The molecule has 0 bridgehead atoms. The summed E-state index contributed by atoms with van der Waals surface area (Å²) in [7, 11) is 0. The smallest absolute Gasteiger partial charge is 0.246 e. The maximum Gasteiger partial charge on any atom is 0.246 e. The molecular weight excluding hydrogens is 1070 g/mol. The van der Waals surface area contributed by atoms with Gasteiger partial charge in [0.25, 0.3) is 0 Å². The molecule has 5 aliphatic heterocycles. The zero-order valence-corrected chi connectivity index (χ0v) is 44.9. The van der Waals surface area contributed by atoms with Gasteiger partial charge in [-0.1, -0.05) is 0 Å². The Morgan fingerprint density at radius 1 is 0.600 bits per heavy atom. The molecule has 9 amide bonds. The number of carbonyl (C=O) groups excluding carboxylic acids is 9. The lowest BCUT2D eigenvalue weighted by molar-refractivity contribution is -0.352. The van der Waals surface area contributed by atoms with E-state index in [0.717, 1.165) is 20.8 Å². The Labute approximate surface area is 458 Å². The van der Waals surface area contributed by atoms with Gasteiger partial charge < -0.3 is 122 Å². The zero-order valence-electron chi connectivity index (χ0n) is 44.9. The minimum Gasteiger partial charge on any atom is -0.394 e. The standard InChI is InChI=1S/C47H77N9O24/c1-17(39(48)69)49-41(71)24-9-7-11-55(24)44(74)25-10-8-12-56(25)43(73)18(2)50-42(72)29(54-40(70)23(13-57)51-20(4)60)19(3)76-46-31(53-22(6)62)38(80-47-37(68)36(67)33(64)27(15-59)78-47)34(65)28(79-46)16-75-45-30(52-21(5)61)35(66)32(63)26(14-58)77-45/h17-19,23-38,45-47,57-59,63-68H,7-16H2,1-6H3,(H2,48,69)(H,49,71)(H,50,72)(H,51,60)(H,52,61)(H,53,62)(H,54,70)/t17?,18?,19?,23?,24?,25?,26?,27?,28?,29?,30?,31?,32-,33+,34+,35-,36+,37?,38-,45-,46+,47+/m1/s1. The monoisotopic (exact) mass is 1150 g/mol. The fourth-order valence-electron chi connectivity index (χ4n) is 10.0. The molecule has 5 fully saturated rings. The fourth-order valence-corrected chi connectivity index (χ4v) is 10.0. The van der Waals surface area contributed by atoms with E-state index in [1.54, 1.807) is 0 Å². The molecule has 5 aliphatic rings. The van der Waals surface area contributed by atoms with E-state index in [9.17, 15) is 89.1 Å². The van der Waals surface area contributed by atoms with Crippen molar-refractivity contribution in [2.45, 2.75) is 202 Å². The lowest BCUT2D eigenvalue weighted by Gasteiger charge is -2.48. The largest absolute Gasteiger partial charge is 0.394 e. The maximum atomic E-state index is 14.6. The van der Waals surface area contributed by atoms with Crippen LogP contribution < -0.4 is 37.6 Å². The molecule has 5 rings (SSSR count). The highest BCUT2D eigenvalue weighted by molar-refractivity contribution is 5.97. The number of rotatable bonds is 23. The molecule has 80 heavy (non-hydrogen) atoms. The summed E-state index contributed by atoms with van der Waals surface area (Å²) in [5.41, 5.74) is 5.31. The van der Waals surface area contributed by atoms with Crippen molar-refractivity contribution in [3.8, 4) is 0 Å². The van der Waals surface area contributed by atoms with Gasteiger partial charge in [-0.05, 0) is 46.5 Å². The van der Waals surface area contributed by atoms with Gasteiger partial charge in [0, 0.05) is 33.9 Å². The van der Waals surface area contributed by atoms with Crippen molar-refractivity contribution < 1.29 is 118 Å². The highest BCUT2D eigenvalue weighted by Crippen LogP contribution is 2.33. The number of nitrogens with zero attached hydrogens (tertiary/aromatic N) is 2. The molecule has 454 valence electrons. The number of nitrogens with two attached hydrogens (primary N) is 1. The summed E-state index contributed by atoms with van der Waals surface area (Å²) in [5.74, 6) is -7.42. The van der Waals surface area contributed by atoms with Crippen molar-refractivity contribution in [1.29, 1.82) is 0 Å². The second kappa shape index (κ2) is 29.0. The number of aliphatic hydroxyl groups is 9. The molecular formula is C47H77N9O24. The van der Waals surface area contributed by atoms with Gasteiger partial charge in [-0.3, -0.25) is 43.2 Å². The summed E-state index contributed by atoms with van der Waals surface area (Å²) in [5, 5.41) is 110.